The Labute approximate surface area is 120 Å². The molecule has 0 saturated carbocycles. The molecule has 0 radical (unpaired) electrons. The Kier molecular flexibility index (Phi) is 2.79. The van der Waals surface area contributed by atoms with Gasteiger partial charge in [-0.2, -0.15) is 0 Å². The largest absolute Gasteiger partial charge is 0.355 e. The van der Waals surface area contributed by atoms with Crippen molar-refractivity contribution in [2.75, 3.05) is 11.9 Å². The first kappa shape index (κ1) is 12.0. The van der Waals surface area contributed by atoms with Gasteiger partial charge in [-0.1, -0.05) is 29.8 Å². The fraction of sp³-hybridized carbons (Fsp3) is 0.471. The number of imidazole rings is 1. The van der Waals surface area contributed by atoms with Crippen molar-refractivity contribution in [2.45, 2.75) is 45.1 Å². The van der Waals surface area contributed by atoms with Gasteiger partial charge in [-0.3, -0.25) is 0 Å². The molecule has 0 bridgehead atoms. The molecular weight excluding hydrogens is 246 g/mol. The highest BCUT2D eigenvalue weighted by Crippen LogP contribution is 2.31. The molecule has 1 aliphatic heterocycles. The zero-order valence-corrected chi connectivity index (χ0v) is 12.0. The van der Waals surface area contributed by atoms with Crippen molar-refractivity contribution in [3.63, 3.8) is 0 Å². The van der Waals surface area contributed by atoms with Gasteiger partial charge in [0.25, 0.3) is 0 Å². The van der Waals surface area contributed by atoms with Crippen molar-refractivity contribution in [1.29, 1.82) is 0 Å². The molecule has 20 heavy (non-hydrogen) atoms. The summed E-state index contributed by atoms with van der Waals surface area (Å²) in [6.45, 7) is 4.22. The van der Waals surface area contributed by atoms with Crippen LogP contribution in [-0.4, -0.2) is 16.1 Å². The van der Waals surface area contributed by atoms with Crippen LogP contribution in [0.1, 0.15) is 41.3 Å². The molecule has 3 heteroatoms. The maximum absolute atomic E-state index is 4.79. The summed E-state index contributed by atoms with van der Waals surface area (Å²) in [5.41, 5.74) is 5.59. The SMILES string of the molecule is Cc1ccc(C2CNc3nc4c(n3C2)CCCC4)cc1. The number of nitrogens with one attached hydrogen (secondary N) is 1. The van der Waals surface area contributed by atoms with Crippen molar-refractivity contribution in [2.24, 2.45) is 0 Å². The Bertz CT molecular complexity index is 624. The van der Waals surface area contributed by atoms with Crippen LogP contribution in [0.3, 0.4) is 0 Å². The fourth-order valence-electron chi connectivity index (χ4n) is 3.49. The number of benzene rings is 1. The smallest absolute Gasteiger partial charge is 0.203 e. The Balaban J connectivity index is 1.65. The monoisotopic (exact) mass is 267 g/mol. The lowest BCUT2D eigenvalue weighted by atomic mass is 9.96. The molecule has 2 aliphatic rings. The molecule has 1 atom stereocenters. The number of fused-ring (bicyclic) bond motifs is 3. The van der Waals surface area contributed by atoms with Gasteiger partial charge in [0, 0.05) is 24.7 Å². The molecule has 2 aromatic rings. The second kappa shape index (κ2) is 4.65. The van der Waals surface area contributed by atoms with Crippen LogP contribution in [0.5, 0.6) is 0 Å². The van der Waals surface area contributed by atoms with Gasteiger partial charge in [-0.15, -0.1) is 0 Å². The lowest BCUT2D eigenvalue weighted by Crippen LogP contribution is -2.27. The second-order valence-electron chi connectivity index (χ2n) is 6.14. The third-order valence-electron chi connectivity index (χ3n) is 4.69. The van der Waals surface area contributed by atoms with Gasteiger partial charge in [0.15, 0.2) is 0 Å². The average molecular weight is 267 g/mol. The van der Waals surface area contributed by atoms with E-state index in [4.69, 9.17) is 4.98 Å². The molecule has 0 amide bonds. The van der Waals surface area contributed by atoms with Crippen LogP contribution in [-0.2, 0) is 19.4 Å². The first-order valence-corrected chi connectivity index (χ1v) is 7.70. The van der Waals surface area contributed by atoms with Gasteiger partial charge in [0.05, 0.1) is 5.69 Å². The molecule has 0 spiro atoms. The van der Waals surface area contributed by atoms with Crippen molar-refractivity contribution >= 4 is 5.95 Å². The summed E-state index contributed by atoms with van der Waals surface area (Å²) in [5, 5.41) is 3.53. The van der Waals surface area contributed by atoms with E-state index in [1.807, 2.05) is 0 Å². The predicted molar refractivity (Wildman–Crippen MR) is 81.3 cm³/mol. The van der Waals surface area contributed by atoms with Gasteiger partial charge in [0.2, 0.25) is 5.95 Å². The van der Waals surface area contributed by atoms with Crippen LogP contribution in [0.2, 0.25) is 0 Å². The van der Waals surface area contributed by atoms with Gasteiger partial charge >= 0.3 is 0 Å². The summed E-state index contributed by atoms with van der Waals surface area (Å²) in [4.78, 5) is 4.79. The van der Waals surface area contributed by atoms with E-state index < -0.39 is 0 Å². The number of anilines is 1. The van der Waals surface area contributed by atoms with Crippen LogP contribution in [0, 0.1) is 6.92 Å². The summed E-state index contributed by atoms with van der Waals surface area (Å²) >= 11 is 0. The Hall–Kier alpha value is -1.77. The fourth-order valence-corrected chi connectivity index (χ4v) is 3.49. The molecule has 0 fully saturated rings. The van der Waals surface area contributed by atoms with E-state index in [0.717, 1.165) is 25.5 Å². The highest BCUT2D eigenvalue weighted by Gasteiger charge is 2.26. The molecule has 0 saturated heterocycles. The van der Waals surface area contributed by atoms with Gasteiger partial charge in [-0.05, 0) is 38.2 Å². The number of nitrogens with zero attached hydrogens (tertiary/aromatic N) is 2. The van der Waals surface area contributed by atoms with E-state index in [9.17, 15) is 0 Å². The van der Waals surface area contributed by atoms with Crippen LogP contribution < -0.4 is 5.32 Å². The highest BCUT2D eigenvalue weighted by molar-refractivity contribution is 5.39. The minimum absolute atomic E-state index is 0.559. The second-order valence-corrected chi connectivity index (χ2v) is 6.14. The Morgan fingerprint density at radius 2 is 1.95 bits per heavy atom. The molecule has 1 aromatic carbocycles. The average Bonchev–Trinajstić information content (AvgIpc) is 2.86. The van der Waals surface area contributed by atoms with Crippen LogP contribution in [0.15, 0.2) is 24.3 Å². The van der Waals surface area contributed by atoms with Crippen molar-refractivity contribution in [1.82, 2.24) is 9.55 Å². The molecule has 1 unspecified atom stereocenters. The van der Waals surface area contributed by atoms with Crippen molar-refractivity contribution in [3.05, 3.63) is 46.8 Å². The first-order valence-electron chi connectivity index (χ1n) is 7.70. The van der Waals surface area contributed by atoms with E-state index in [0.29, 0.717) is 5.92 Å². The summed E-state index contributed by atoms with van der Waals surface area (Å²) in [6, 6.07) is 8.98. The predicted octanol–water partition coefficient (Wildman–Crippen LogP) is 3.28. The minimum atomic E-state index is 0.559. The first-order chi connectivity index (χ1) is 9.81. The van der Waals surface area contributed by atoms with Gasteiger partial charge in [-0.25, -0.2) is 4.98 Å². The lowest BCUT2D eigenvalue weighted by Gasteiger charge is -2.27. The van der Waals surface area contributed by atoms with E-state index >= 15 is 0 Å². The highest BCUT2D eigenvalue weighted by atomic mass is 15.2. The maximum Gasteiger partial charge on any atom is 0.203 e. The molecule has 1 aromatic heterocycles. The van der Waals surface area contributed by atoms with E-state index in [1.54, 1.807) is 0 Å². The quantitative estimate of drug-likeness (QED) is 0.859. The van der Waals surface area contributed by atoms with Crippen molar-refractivity contribution < 1.29 is 0 Å². The van der Waals surface area contributed by atoms with Crippen LogP contribution in [0.25, 0.3) is 0 Å². The van der Waals surface area contributed by atoms with E-state index in [1.165, 1.54) is 41.8 Å². The molecule has 104 valence electrons. The standard InChI is InChI=1S/C17H21N3/c1-12-6-8-13(9-7-12)14-10-18-17-19-15-4-2-3-5-16(15)20(17)11-14/h6-9,14H,2-5,10-11H2,1H3,(H,18,19). The topological polar surface area (TPSA) is 29.9 Å². The third kappa shape index (κ3) is 1.92. The number of rotatable bonds is 1. The zero-order chi connectivity index (χ0) is 13.5. The number of aromatic nitrogens is 2. The molecule has 1 aliphatic carbocycles. The maximum atomic E-state index is 4.79. The van der Waals surface area contributed by atoms with Crippen LogP contribution in [0.4, 0.5) is 5.95 Å². The normalized spacial score (nSPS) is 20.9. The summed E-state index contributed by atoms with van der Waals surface area (Å²) in [5.74, 6) is 1.66. The summed E-state index contributed by atoms with van der Waals surface area (Å²) < 4.78 is 2.43. The lowest BCUT2D eigenvalue weighted by molar-refractivity contribution is 0.521. The van der Waals surface area contributed by atoms with Crippen molar-refractivity contribution in [3.8, 4) is 0 Å². The number of hydrogen-bond acceptors (Lipinski definition) is 2. The molecule has 3 nitrogen and oxygen atoms in total. The zero-order valence-electron chi connectivity index (χ0n) is 12.0. The molecule has 2 heterocycles. The minimum Gasteiger partial charge on any atom is -0.355 e. The third-order valence-corrected chi connectivity index (χ3v) is 4.69. The van der Waals surface area contributed by atoms with Gasteiger partial charge in [0.1, 0.15) is 0 Å². The Morgan fingerprint density at radius 1 is 1.15 bits per heavy atom. The summed E-state index contributed by atoms with van der Waals surface area (Å²) in [7, 11) is 0. The van der Waals surface area contributed by atoms with E-state index in [2.05, 4.69) is 41.1 Å². The number of aryl methyl sites for hydroxylation is 2. The molecule has 1 N–H and O–H groups in total. The molecule has 4 rings (SSSR count). The summed E-state index contributed by atoms with van der Waals surface area (Å²) in [6.07, 6.45) is 4.97. The Morgan fingerprint density at radius 3 is 2.80 bits per heavy atom. The van der Waals surface area contributed by atoms with Crippen LogP contribution >= 0.6 is 0 Å². The van der Waals surface area contributed by atoms with E-state index in [-0.39, 0.29) is 0 Å². The number of hydrogen-bond donors (Lipinski definition) is 1. The van der Waals surface area contributed by atoms with Gasteiger partial charge < -0.3 is 9.88 Å². The molecular formula is C17H21N3.